The SMILES string of the molecule is CCc1c(F)ccc2cccc(-c3nc4c5c(nc(OCC67CCCN6CCC7)nc5c3F)N3CCNCC3CC4)c12. The first kappa shape index (κ1) is 26.2. The molecule has 2 aromatic heterocycles. The predicted octanol–water partition coefficient (Wildman–Crippen LogP) is 5.42. The van der Waals surface area contributed by atoms with E-state index in [-0.39, 0.29) is 34.6 Å². The van der Waals surface area contributed by atoms with Crippen LogP contribution >= 0.6 is 0 Å². The Morgan fingerprint density at radius 1 is 1.02 bits per heavy atom. The average Bonchev–Trinajstić information content (AvgIpc) is 3.56. The second-order valence-electron chi connectivity index (χ2n) is 12.4. The van der Waals surface area contributed by atoms with Gasteiger partial charge in [0.25, 0.3) is 0 Å². The van der Waals surface area contributed by atoms with Crippen molar-refractivity contribution in [2.24, 2.45) is 0 Å². The molecule has 8 rings (SSSR count). The summed E-state index contributed by atoms with van der Waals surface area (Å²) in [5, 5.41) is 5.76. The Bertz CT molecular complexity index is 1700. The molecule has 0 radical (unpaired) electrons. The van der Waals surface area contributed by atoms with E-state index in [1.807, 2.05) is 25.1 Å². The molecule has 218 valence electrons. The lowest BCUT2D eigenvalue weighted by atomic mass is 9.94. The predicted molar refractivity (Wildman–Crippen MR) is 160 cm³/mol. The van der Waals surface area contributed by atoms with Crippen LogP contribution in [0.3, 0.4) is 0 Å². The Balaban J connectivity index is 1.32. The summed E-state index contributed by atoms with van der Waals surface area (Å²) in [7, 11) is 0. The molecule has 4 aliphatic rings. The highest BCUT2D eigenvalue weighted by atomic mass is 19.1. The zero-order valence-electron chi connectivity index (χ0n) is 24.1. The van der Waals surface area contributed by atoms with E-state index < -0.39 is 5.82 Å². The number of rotatable bonds is 5. The fraction of sp³-hybridized carbons (Fsp3) is 0.485. The van der Waals surface area contributed by atoms with Crippen LogP contribution in [0.25, 0.3) is 32.9 Å². The summed E-state index contributed by atoms with van der Waals surface area (Å²) in [5.74, 6) is -0.0674. The standard InChI is InChI=1S/C33H36F2N6O/c1-2-22-24(34)10-8-20-6-3-7-23(26(20)22)29-28(35)30-27-25(37-29)11-9-21-18-36-14-17-41(21)31(27)39-32(38-30)42-19-33-12-4-15-40(33)16-5-13-33/h3,6-8,10,21,36H,2,4-5,9,11-19H2,1H3. The van der Waals surface area contributed by atoms with Gasteiger partial charge in [0.05, 0.1) is 16.6 Å². The normalized spacial score (nSPS) is 21.5. The van der Waals surface area contributed by atoms with Gasteiger partial charge in [-0.2, -0.15) is 9.97 Å². The smallest absolute Gasteiger partial charge is 0.319 e. The van der Waals surface area contributed by atoms with E-state index in [0.29, 0.717) is 41.3 Å². The second-order valence-corrected chi connectivity index (χ2v) is 12.4. The van der Waals surface area contributed by atoms with Gasteiger partial charge in [-0.05, 0) is 80.4 Å². The summed E-state index contributed by atoms with van der Waals surface area (Å²) in [6.07, 6.45) is 6.61. The minimum absolute atomic E-state index is 0.0285. The molecule has 2 aromatic carbocycles. The number of pyridine rings is 1. The van der Waals surface area contributed by atoms with Gasteiger partial charge in [0.15, 0.2) is 5.82 Å². The summed E-state index contributed by atoms with van der Waals surface area (Å²) >= 11 is 0. The minimum Gasteiger partial charge on any atom is -0.461 e. The van der Waals surface area contributed by atoms with Gasteiger partial charge in [-0.1, -0.05) is 31.2 Å². The number of halogens is 2. The van der Waals surface area contributed by atoms with E-state index in [1.54, 1.807) is 6.07 Å². The third kappa shape index (κ3) is 4.00. The van der Waals surface area contributed by atoms with Crippen molar-refractivity contribution in [3.63, 3.8) is 0 Å². The van der Waals surface area contributed by atoms with Crippen LogP contribution in [0.5, 0.6) is 6.01 Å². The van der Waals surface area contributed by atoms with Gasteiger partial charge in [0, 0.05) is 31.2 Å². The van der Waals surface area contributed by atoms with Gasteiger partial charge < -0.3 is 15.0 Å². The number of nitrogens with zero attached hydrogens (tertiary/aromatic N) is 5. The highest BCUT2D eigenvalue weighted by Crippen LogP contribution is 2.42. The van der Waals surface area contributed by atoms with Crippen LogP contribution in [0, 0.1) is 11.6 Å². The lowest BCUT2D eigenvalue weighted by Gasteiger charge is -2.36. The van der Waals surface area contributed by atoms with Crippen molar-refractivity contribution in [3.8, 4) is 17.3 Å². The number of fused-ring (bicyclic) bond motifs is 4. The Hall–Kier alpha value is -3.43. The lowest BCUT2D eigenvalue weighted by Crippen LogP contribution is -2.51. The van der Waals surface area contributed by atoms with Crippen molar-refractivity contribution in [1.82, 2.24) is 25.2 Å². The van der Waals surface area contributed by atoms with Gasteiger partial charge in [-0.3, -0.25) is 4.90 Å². The molecule has 1 atom stereocenters. The topological polar surface area (TPSA) is 66.4 Å². The maximum Gasteiger partial charge on any atom is 0.319 e. The van der Waals surface area contributed by atoms with Crippen LogP contribution in [0.2, 0.25) is 0 Å². The van der Waals surface area contributed by atoms with E-state index in [1.165, 1.54) is 18.9 Å². The van der Waals surface area contributed by atoms with Crippen LogP contribution < -0.4 is 15.0 Å². The zero-order valence-corrected chi connectivity index (χ0v) is 24.1. The van der Waals surface area contributed by atoms with Gasteiger partial charge in [0.1, 0.15) is 29.5 Å². The third-order valence-corrected chi connectivity index (χ3v) is 10.1. The number of nitrogens with one attached hydrogen (secondary N) is 1. The lowest BCUT2D eigenvalue weighted by molar-refractivity contribution is 0.108. The highest BCUT2D eigenvalue weighted by molar-refractivity contribution is 6.01. The Morgan fingerprint density at radius 2 is 1.88 bits per heavy atom. The number of anilines is 1. The van der Waals surface area contributed by atoms with Crippen molar-refractivity contribution in [3.05, 3.63) is 53.2 Å². The quantitative estimate of drug-likeness (QED) is 0.344. The Morgan fingerprint density at radius 3 is 2.71 bits per heavy atom. The molecule has 9 heteroatoms. The number of ether oxygens (including phenoxy) is 1. The molecule has 0 aliphatic carbocycles. The van der Waals surface area contributed by atoms with Gasteiger partial charge in [-0.15, -0.1) is 0 Å². The van der Waals surface area contributed by atoms with E-state index >= 15 is 4.39 Å². The van der Waals surface area contributed by atoms with E-state index in [2.05, 4.69) is 15.1 Å². The largest absolute Gasteiger partial charge is 0.461 e. The fourth-order valence-corrected chi connectivity index (χ4v) is 8.07. The maximum atomic E-state index is 16.9. The monoisotopic (exact) mass is 570 g/mol. The highest BCUT2D eigenvalue weighted by Gasteiger charge is 2.45. The Labute approximate surface area is 244 Å². The van der Waals surface area contributed by atoms with Gasteiger partial charge in [0.2, 0.25) is 0 Å². The van der Waals surface area contributed by atoms with Crippen LogP contribution in [0.15, 0.2) is 30.3 Å². The molecule has 1 unspecified atom stereocenters. The van der Waals surface area contributed by atoms with E-state index in [0.717, 1.165) is 68.9 Å². The summed E-state index contributed by atoms with van der Waals surface area (Å²) in [5.41, 5.74) is 2.45. The maximum absolute atomic E-state index is 16.9. The zero-order chi connectivity index (χ0) is 28.4. The second kappa shape index (κ2) is 10.1. The third-order valence-electron chi connectivity index (χ3n) is 10.1. The van der Waals surface area contributed by atoms with Crippen molar-refractivity contribution in [1.29, 1.82) is 0 Å². The minimum atomic E-state index is -0.504. The average molecular weight is 571 g/mol. The summed E-state index contributed by atoms with van der Waals surface area (Å²) < 4.78 is 38.3. The van der Waals surface area contributed by atoms with Crippen LogP contribution in [-0.2, 0) is 12.8 Å². The number of aryl methyl sites for hydroxylation is 2. The van der Waals surface area contributed by atoms with Crippen molar-refractivity contribution < 1.29 is 13.5 Å². The molecule has 0 spiro atoms. The molecule has 6 heterocycles. The molecule has 4 aromatic rings. The molecule has 0 bridgehead atoms. The Kier molecular flexibility index (Phi) is 6.30. The molecule has 0 amide bonds. The summed E-state index contributed by atoms with van der Waals surface area (Å²) in [4.78, 5) is 19.6. The van der Waals surface area contributed by atoms with Crippen molar-refractivity contribution >= 4 is 27.5 Å². The summed E-state index contributed by atoms with van der Waals surface area (Å²) in [6.45, 7) is 7.10. The molecule has 7 nitrogen and oxygen atoms in total. The van der Waals surface area contributed by atoms with E-state index in [4.69, 9.17) is 19.7 Å². The van der Waals surface area contributed by atoms with Crippen LogP contribution in [-0.4, -0.2) is 70.8 Å². The molecule has 42 heavy (non-hydrogen) atoms. The number of piperazine rings is 1. The van der Waals surface area contributed by atoms with Crippen molar-refractivity contribution in [2.75, 3.05) is 44.2 Å². The molecule has 4 aliphatic heterocycles. The molecular weight excluding hydrogens is 534 g/mol. The number of benzene rings is 2. The molecule has 1 N–H and O–H groups in total. The van der Waals surface area contributed by atoms with Gasteiger partial charge in [-0.25, -0.2) is 13.8 Å². The number of hydrogen-bond acceptors (Lipinski definition) is 7. The number of hydrogen-bond donors (Lipinski definition) is 1. The first-order valence-electron chi connectivity index (χ1n) is 15.5. The van der Waals surface area contributed by atoms with Crippen molar-refractivity contribution in [2.45, 2.75) is 63.5 Å². The van der Waals surface area contributed by atoms with Crippen LogP contribution in [0.4, 0.5) is 14.6 Å². The van der Waals surface area contributed by atoms with Crippen LogP contribution in [0.1, 0.15) is 50.3 Å². The molecule has 3 fully saturated rings. The molecular formula is C33H36F2N6O. The fourth-order valence-electron chi connectivity index (χ4n) is 8.07. The first-order chi connectivity index (χ1) is 20.6. The summed E-state index contributed by atoms with van der Waals surface area (Å²) in [6, 6.07) is 9.38. The number of aromatic nitrogens is 3. The van der Waals surface area contributed by atoms with E-state index in [9.17, 15) is 4.39 Å². The first-order valence-corrected chi connectivity index (χ1v) is 15.5. The van der Waals surface area contributed by atoms with Gasteiger partial charge >= 0.3 is 6.01 Å². The molecule has 0 saturated carbocycles. The molecule has 3 saturated heterocycles.